The van der Waals surface area contributed by atoms with Crippen molar-refractivity contribution in [3.8, 4) is 22.8 Å². The monoisotopic (exact) mass is 526 g/mol. The molecule has 1 aromatic carbocycles. The number of aromatic nitrogens is 4. The Labute approximate surface area is 201 Å². The van der Waals surface area contributed by atoms with Crippen molar-refractivity contribution in [3.63, 3.8) is 0 Å². The van der Waals surface area contributed by atoms with Gasteiger partial charge in [-0.05, 0) is 37.3 Å². The van der Waals surface area contributed by atoms with Gasteiger partial charge in [-0.1, -0.05) is 6.92 Å². The lowest BCUT2D eigenvalue weighted by atomic mass is 10.1. The van der Waals surface area contributed by atoms with Crippen molar-refractivity contribution < 1.29 is 30.4 Å². The van der Waals surface area contributed by atoms with Gasteiger partial charge in [0, 0.05) is 25.2 Å². The lowest BCUT2D eigenvalue weighted by Crippen LogP contribution is -2.28. The number of pyridine rings is 2. The number of halogens is 5. The summed E-state index contributed by atoms with van der Waals surface area (Å²) in [6.45, 7) is 2.51. The van der Waals surface area contributed by atoms with Crippen LogP contribution < -0.4 is 5.56 Å². The zero-order chi connectivity index (χ0) is 26.6. The fourth-order valence-corrected chi connectivity index (χ4v) is 4.97. The fourth-order valence-electron chi connectivity index (χ4n) is 3.95. The van der Waals surface area contributed by atoms with Gasteiger partial charge in [-0.25, -0.2) is 27.2 Å². The maximum absolute atomic E-state index is 13.8. The molecule has 0 radical (unpaired) electrons. The number of rotatable bonds is 5. The first kappa shape index (κ1) is 25.5. The van der Waals surface area contributed by atoms with Gasteiger partial charge in [0.15, 0.2) is 15.7 Å². The van der Waals surface area contributed by atoms with Crippen LogP contribution in [0.5, 0.6) is 0 Å². The first-order valence-electron chi connectivity index (χ1n) is 10.7. The van der Waals surface area contributed by atoms with Gasteiger partial charge in [0.25, 0.3) is 5.56 Å². The van der Waals surface area contributed by atoms with Crippen LogP contribution in [0.15, 0.2) is 46.1 Å². The summed E-state index contributed by atoms with van der Waals surface area (Å²) < 4.78 is 95.8. The molecule has 0 amide bonds. The van der Waals surface area contributed by atoms with E-state index in [0.29, 0.717) is 16.7 Å². The topological polar surface area (TPSA) is 86.8 Å². The molecular formula is C23H19F5N4O3S. The highest BCUT2D eigenvalue weighted by atomic mass is 32.2. The molecule has 36 heavy (non-hydrogen) atoms. The zero-order valence-electron chi connectivity index (χ0n) is 19.2. The lowest BCUT2D eigenvalue weighted by molar-refractivity contribution is -0.144. The second-order valence-corrected chi connectivity index (χ2v) is 10.2. The molecule has 4 rings (SSSR count). The summed E-state index contributed by atoms with van der Waals surface area (Å²) in [5, 5.41) is 0. The van der Waals surface area contributed by atoms with E-state index in [0.717, 1.165) is 16.7 Å². The average Bonchev–Trinajstić information content (AvgIpc) is 3.13. The van der Waals surface area contributed by atoms with Gasteiger partial charge in [0.05, 0.1) is 21.9 Å². The van der Waals surface area contributed by atoms with Crippen molar-refractivity contribution in [3.05, 3.63) is 64.1 Å². The van der Waals surface area contributed by atoms with E-state index in [1.54, 1.807) is 0 Å². The molecule has 190 valence electrons. The number of fused-ring (bicyclic) bond motifs is 1. The van der Waals surface area contributed by atoms with E-state index in [2.05, 4.69) is 9.97 Å². The summed E-state index contributed by atoms with van der Waals surface area (Å²) in [7, 11) is -2.58. The van der Waals surface area contributed by atoms with Gasteiger partial charge < -0.3 is 9.13 Å². The van der Waals surface area contributed by atoms with Crippen molar-refractivity contribution >= 4 is 20.9 Å². The molecule has 7 nitrogen and oxygen atoms in total. The van der Waals surface area contributed by atoms with Gasteiger partial charge in [-0.15, -0.1) is 0 Å². The van der Waals surface area contributed by atoms with Crippen LogP contribution in [0.1, 0.15) is 19.5 Å². The van der Waals surface area contributed by atoms with Gasteiger partial charge in [-0.3, -0.25) is 4.79 Å². The third-order valence-electron chi connectivity index (χ3n) is 5.68. The maximum Gasteiger partial charge on any atom is 0.431 e. The molecule has 0 fully saturated rings. The minimum absolute atomic E-state index is 0.000608. The molecule has 0 saturated carbocycles. The first-order valence-corrected chi connectivity index (χ1v) is 12.3. The number of hydrogen-bond acceptors (Lipinski definition) is 5. The van der Waals surface area contributed by atoms with Crippen molar-refractivity contribution in [2.24, 2.45) is 7.05 Å². The smallest absolute Gasteiger partial charge is 0.321 e. The third-order valence-corrected chi connectivity index (χ3v) is 7.44. The highest BCUT2D eigenvalue weighted by Gasteiger charge is 2.36. The summed E-state index contributed by atoms with van der Waals surface area (Å²) in [6, 6.07) is 5.80. The van der Waals surface area contributed by atoms with Crippen LogP contribution in [0.25, 0.3) is 33.8 Å². The second-order valence-electron chi connectivity index (χ2n) is 7.91. The van der Waals surface area contributed by atoms with Crippen molar-refractivity contribution in [2.45, 2.75) is 31.5 Å². The van der Waals surface area contributed by atoms with Crippen LogP contribution >= 0.6 is 0 Å². The predicted molar refractivity (Wildman–Crippen MR) is 122 cm³/mol. The van der Waals surface area contributed by atoms with Crippen LogP contribution in [-0.2, 0) is 29.6 Å². The molecule has 0 N–H and O–H groups in total. The Morgan fingerprint density at radius 3 is 2.17 bits per heavy atom. The summed E-state index contributed by atoms with van der Waals surface area (Å²) in [6.07, 6.45) is -4.84. The fraction of sp³-hybridized carbons (Fsp3) is 0.261. The molecule has 0 aliphatic heterocycles. The summed E-state index contributed by atoms with van der Waals surface area (Å²) >= 11 is 0. The Hall–Kier alpha value is -3.61. The molecule has 0 atom stereocenters. The number of imidazole rings is 1. The van der Waals surface area contributed by atoms with Gasteiger partial charge in [0.1, 0.15) is 28.5 Å². The van der Waals surface area contributed by atoms with Crippen LogP contribution in [-0.4, -0.2) is 33.3 Å². The van der Waals surface area contributed by atoms with E-state index in [1.807, 2.05) is 0 Å². The van der Waals surface area contributed by atoms with E-state index in [9.17, 15) is 35.2 Å². The van der Waals surface area contributed by atoms with Crippen LogP contribution in [0.2, 0.25) is 0 Å². The average molecular weight is 526 g/mol. The number of hydrogen-bond donors (Lipinski definition) is 0. The zero-order valence-corrected chi connectivity index (χ0v) is 20.0. The van der Waals surface area contributed by atoms with Crippen LogP contribution in [0.4, 0.5) is 22.0 Å². The highest BCUT2D eigenvalue weighted by molar-refractivity contribution is 7.91. The Balaban J connectivity index is 2.08. The van der Waals surface area contributed by atoms with Crippen LogP contribution in [0.3, 0.4) is 0 Å². The van der Waals surface area contributed by atoms with Crippen molar-refractivity contribution in [1.29, 1.82) is 0 Å². The Morgan fingerprint density at radius 2 is 1.61 bits per heavy atom. The van der Waals surface area contributed by atoms with E-state index in [1.165, 1.54) is 33.0 Å². The van der Waals surface area contributed by atoms with Crippen molar-refractivity contribution in [2.75, 3.05) is 5.75 Å². The second kappa shape index (κ2) is 8.80. The molecule has 0 bridgehead atoms. The summed E-state index contributed by atoms with van der Waals surface area (Å²) in [5.41, 5.74) is -2.94. The minimum atomic E-state index is -4.84. The molecule has 3 aromatic heterocycles. The molecule has 0 spiro atoms. The van der Waals surface area contributed by atoms with E-state index >= 15 is 0 Å². The van der Waals surface area contributed by atoms with Crippen LogP contribution in [0, 0.1) is 11.6 Å². The molecule has 0 aliphatic rings. The number of sulfone groups is 1. The Morgan fingerprint density at radius 1 is 0.972 bits per heavy atom. The molecule has 4 aromatic rings. The first-order chi connectivity index (χ1) is 16.8. The Kier molecular flexibility index (Phi) is 6.23. The summed E-state index contributed by atoms with van der Waals surface area (Å²) in [5.74, 6) is -2.31. The number of alkyl halides is 3. The van der Waals surface area contributed by atoms with E-state index < -0.39 is 38.9 Å². The molecule has 0 saturated heterocycles. The predicted octanol–water partition coefficient (Wildman–Crippen LogP) is 4.57. The highest BCUT2D eigenvalue weighted by Crippen LogP contribution is 2.34. The van der Waals surface area contributed by atoms with Crippen molar-refractivity contribution in [1.82, 2.24) is 19.1 Å². The van der Waals surface area contributed by atoms with Gasteiger partial charge >= 0.3 is 6.18 Å². The molecule has 3 heterocycles. The number of benzene rings is 1. The normalized spacial score (nSPS) is 12.4. The van der Waals surface area contributed by atoms with E-state index in [4.69, 9.17) is 0 Å². The standard InChI is InChI=1S/C23H19F5N4O3S/c1-4-32-18(23(26,27)28)11-16-20(22(32)33)31(3)21(30-16)19-17(36(34,35)5-2)7-6-15(29-19)12-8-13(24)10-14(25)9-12/h6-11H,4-5H2,1-3H3. The van der Waals surface area contributed by atoms with E-state index in [-0.39, 0.29) is 51.0 Å². The molecule has 13 heteroatoms. The number of aryl methyl sites for hydroxylation is 1. The largest absolute Gasteiger partial charge is 0.431 e. The summed E-state index contributed by atoms with van der Waals surface area (Å²) in [4.78, 5) is 21.1. The maximum atomic E-state index is 13.8. The molecule has 0 unspecified atom stereocenters. The van der Waals surface area contributed by atoms with Gasteiger partial charge in [0.2, 0.25) is 0 Å². The SMILES string of the molecule is CCn1c(C(F)(F)F)cc2nc(-c3nc(-c4cc(F)cc(F)c4)ccc3S(=O)(=O)CC)n(C)c2c1=O. The quantitative estimate of drug-likeness (QED) is 0.356. The molecule has 0 aliphatic carbocycles. The molecular weight excluding hydrogens is 507 g/mol. The number of nitrogens with zero attached hydrogens (tertiary/aromatic N) is 4. The van der Waals surface area contributed by atoms with Gasteiger partial charge in [-0.2, -0.15) is 13.2 Å². The third kappa shape index (κ3) is 4.27. The lowest BCUT2D eigenvalue weighted by Gasteiger charge is -2.14. The minimum Gasteiger partial charge on any atom is -0.321 e. The Bertz CT molecular complexity index is 1650.